The van der Waals surface area contributed by atoms with Crippen LogP contribution in [0.15, 0.2) is 52.5 Å². The number of piperidine rings is 1. The Morgan fingerprint density at radius 3 is 2.23 bits per heavy atom. The van der Waals surface area contributed by atoms with Crippen LogP contribution in [0, 0.1) is 30.6 Å². The highest BCUT2D eigenvalue weighted by atomic mass is 16.7. The fraction of sp³-hybridized carbons (Fsp3) is 0.636. The third-order valence-electron chi connectivity index (χ3n) is 16.0. The number of amides is 2. The fourth-order valence-electron chi connectivity index (χ4n) is 11.2. The number of carbonyl (C=O) groups is 5. The van der Waals surface area contributed by atoms with E-state index in [1.54, 1.807) is 63.8 Å². The molecule has 5 N–H and O–H groups in total. The summed E-state index contributed by atoms with van der Waals surface area (Å²) in [6.45, 7) is 23.9. The number of aliphatic hydroxyl groups is 2. The molecule has 74 heavy (non-hydrogen) atoms. The number of phenolic OH excluding ortho intramolecular Hbond substituents is 1. The van der Waals surface area contributed by atoms with E-state index in [-0.39, 0.29) is 69.4 Å². The number of allylic oxidation sites excluding steroid dienone is 5. The fourth-order valence-corrected chi connectivity index (χ4v) is 11.2. The van der Waals surface area contributed by atoms with Crippen LogP contribution in [0.5, 0.6) is 11.5 Å². The van der Waals surface area contributed by atoms with Crippen molar-refractivity contribution in [3.05, 3.63) is 69.8 Å². The van der Waals surface area contributed by atoms with Crippen LogP contribution >= 0.6 is 0 Å². The van der Waals surface area contributed by atoms with Gasteiger partial charge in [-0.1, -0.05) is 52.8 Å². The minimum Gasteiger partial charge on any atom is -0.507 e. The van der Waals surface area contributed by atoms with Crippen LogP contribution < -0.4 is 15.4 Å². The van der Waals surface area contributed by atoms with Crippen LogP contribution in [-0.4, -0.2) is 185 Å². The lowest BCUT2D eigenvalue weighted by Gasteiger charge is -2.38. The van der Waals surface area contributed by atoms with Crippen LogP contribution in [0.3, 0.4) is 0 Å². The number of hydrogen-bond acceptors (Lipinski definition) is 17. The standard InChI is InChI=1S/C55H77N7O12/c1-32(2)31-61-17-15-55(16-18-61)57-44-41-42-49(67)37(7)51-43(41)52(69)54(8,74-51)72-27-10-9-14-38(73-40(64)30-39(63)62-23-21-59(22-24-62)19-20-60-25-28-71-29-26-60)35(5)48(66)36(6)47(65)33(3)12-11-13-34(4)53(70)56-46(50(42)68)45(44)58-55/h10-13,27,32-33,35-36,38,47-48,58,65-67H,9,14-26,28-31H2,1-8H3,(H,56,70)/b12-11+,27-10+,34-13-/t33?,35-,36+,38+,47-,48?,54-/m0/s1. The van der Waals surface area contributed by atoms with E-state index in [0.29, 0.717) is 58.0 Å². The van der Waals surface area contributed by atoms with E-state index in [4.69, 9.17) is 23.9 Å². The zero-order valence-electron chi connectivity index (χ0n) is 44.4. The molecule has 1 aromatic rings. The maximum absolute atomic E-state index is 14.8. The number of esters is 1. The molecule has 404 valence electrons. The molecule has 1 spiro atoms. The summed E-state index contributed by atoms with van der Waals surface area (Å²) in [5, 5.41) is 41.5. The monoisotopic (exact) mass is 1030 g/mol. The number of ketones is 2. The van der Waals surface area contributed by atoms with Crippen molar-refractivity contribution in [2.24, 2.45) is 28.7 Å². The highest BCUT2D eigenvalue weighted by molar-refractivity contribution is 6.34. The van der Waals surface area contributed by atoms with E-state index in [1.165, 1.54) is 13.2 Å². The lowest BCUT2D eigenvalue weighted by molar-refractivity contribution is -0.159. The van der Waals surface area contributed by atoms with Crippen molar-refractivity contribution < 1.29 is 58.2 Å². The molecular formula is C55H77N7O12. The van der Waals surface area contributed by atoms with Crippen LogP contribution in [0.4, 0.5) is 0 Å². The smallest absolute Gasteiger partial charge is 0.315 e. The third kappa shape index (κ3) is 11.5. The second-order valence-electron chi connectivity index (χ2n) is 21.9. The summed E-state index contributed by atoms with van der Waals surface area (Å²) in [5.74, 6) is -6.80. The third-order valence-corrected chi connectivity index (χ3v) is 16.0. The quantitative estimate of drug-likeness (QED) is 0.185. The average molecular weight is 1030 g/mol. The van der Waals surface area contributed by atoms with Crippen molar-refractivity contribution in [2.45, 2.75) is 117 Å². The Labute approximate surface area is 434 Å². The first kappa shape index (κ1) is 54.8. The summed E-state index contributed by atoms with van der Waals surface area (Å²) in [6, 6.07) is 0. The molecule has 7 aliphatic heterocycles. The highest BCUT2D eigenvalue weighted by Crippen LogP contribution is 2.50. The predicted molar refractivity (Wildman–Crippen MR) is 275 cm³/mol. The van der Waals surface area contributed by atoms with Crippen LogP contribution in [0.25, 0.3) is 0 Å². The number of benzene rings is 1. The number of nitrogens with zero attached hydrogens (tertiary/aromatic N) is 5. The number of aliphatic imine (C=N–C) groups is 1. The van der Waals surface area contributed by atoms with Gasteiger partial charge in [-0.3, -0.25) is 38.8 Å². The lowest BCUT2D eigenvalue weighted by atomic mass is 9.81. The topological polar surface area (TPSA) is 232 Å². The van der Waals surface area contributed by atoms with Crippen LogP contribution in [0.2, 0.25) is 0 Å². The number of likely N-dealkylation sites (tertiary alicyclic amines) is 1. The summed E-state index contributed by atoms with van der Waals surface area (Å²) in [4.78, 5) is 84.7. The number of morpholine rings is 1. The van der Waals surface area contributed by atoms with E-state index in [9.17, 15) is 39.3 Å². The molecule has 5 bridgehead atoms. The second kappa shape index (κ2) is 22.8. The largest absolute Gasteiger partial charge is 0.507 e. The molecule has 0 radical (unpaired) electrons. The molecule has 9 rings (SSSR count). The molecule has 3 fully saturated rings. The number of piperazine rings is 1. The first-order chi connectivity index (χ1) is 35.2. The predicted octanol–water partition coefficient (Wildman–Crippen LogP) is 3.59. The Morgan fingerprint density at radius 2 is 1.55 bits per heavy atom. The molecule has 2 unspecified atom stereocenters. The van der Waals surface area contributed by atoms with Gasteiger partial charge in [-0.15, -0.1) is 0 Å². The Hall–Kier alpha value is -5.44. The zero-order chi connectivity index (χ0) is 53.2. The summed E-state index contributed by atoms with van der Waals surface area (Å²) < 4.78 is 23.9. The number of ether oxygens (including phenoxy) is 4. The number of Topliss-reactive ketones (excluding diaryl/α,β-unsaturated/α-hetero) is 2. The van der Waals surface area contributed by atoms with Crippen molar-refractivity contribution >= 4 is 35.1 Å². The van der Waals surface area contributed by atoms with Gasteiger partial charge in [0, 0.05) is 126 Å². The van der Waals surface area contributed by atoms with E-state index >= 15 is 0 Å². The number of carbonyl (C=O) groups excluding carboxylic acids is 5. The first-order valence-electron chi connectivity index (χ1n) is 26.6. The van der Waals surface area contributed by atoms with Crippen LogP contribution in [0.1, 0.15) is 112 Å². The zero-order valence-corrected chi connectivity index (χ0v) is 44.4. The first-order valence-corrected chi connectivity index (χ1v) is 26.6. The molecule has 0 saturated carbocycles. The van der Waals surface area contributed by atoms with Crippen molar-refractivity contribution in [3.63, 3.8) is 0 Å². The van der Waals surface area contributed by atoms with Gasteiger partial charge in [0.15, 0.2) is 0 Å². The summed E-state index contributed by atoms with van der Waals surface area (Å²) in [6.07, 6.45) is 5.79. The molecule has 2 amide bonds. The molecule has 8 aliphatic rings. The van der Waals surface area contributed by atoms with E-state index in [1.807, 2.05) is 0 Å². The number of rotatable bonds is 8. The molecular weight excluding hydrogens is 951 g/mol. The van der Waals surface area contributed by atoms with Gasteiger partial charge in [0.25, 0.3) is 11.7 Å². The van der Waals surface area contributed by atoms with E-state index in [2.05, 4.69) is 39.2 Å². The molecule has 1 aliphatic carbocycles. The molecule has 19 nitrogen and oxygen atoms in total. The maximum Gasteiger partial charge on any atom is 0.315 e. The number of hydrogen-bond donors (Lipinski definition) is 5. The van der Waals surface area contributed by atoms with Gasteiger partial charge in [-0.2, -0.15) is 0 Å². The lowest BCUT2D eigenvalue weighted by Crippen LogP contribution is -2.51. The molecule has 1 aromatic carbocycles. The Bertz CT molecular complexity index is 2500. The molecule has 19 heteroatoms. The molecule has 7 atom stereocenters. The number of fused-ring (bicyclic) bond motifs is 13. The Balaban J connectivity index is 1.05. The van der Waals surface area contributed by atoms with Gasteiger partial charge >= 0.3 is 11.8 Å². The Kier molecular flexibility index (Phi) is 16.9. The number of nitrogens with one attached hydrogen (secondary N) is 2. The molecule has 0 aromatic heterocycles. The maximum atomic E-state index is 14.8. The normalized spacial score (nSPS) is 31.0. The highest BCUT2D eigenvalue weighted by Gasteiger charge is 2.54. The van der Waals surface area contributed by atoms with E-state index in [0.717, 1.165) is 45.9 Å². The summed E-state index contributed by atoms with van der Waals surface area (Å²) >= 11 is 0. The molecule has 7 heterocycles. The van der Waals surface area contributed by atoms with Gasteiger partial charge in [-0.05, 0) is 38.7 Å². The summed E-state index contributed by atoms with van der Waals surface area (Å²) in [5.41, 5.74) is -0.204. The number of aromatic hydroxyl groups is 1. The van der Waals surface area contributed by atoms with Gasteiger partial charge in [0.05, 0.1) is 54.2 Å². The minimum absolute atomic E-state index is 0.0216. The van der Waals surface area contributed by atoms with Crippen molar-refractivity contribution in [3.8, 4) is 11.5 Å². The van der Waals surface area contributed by atoms with Gasteiger partial charge < -0.3 is 54.7 Å². The van der Waals surface area contributed by atoms with Crippen LogP contribution in [-0.2, 0) is 28.6 Å². The van der Waals surface area contributed by atoms with E-state index < -0.39 is 83.1 Å². The molecule has 3 saturated heterocycles. The van der Waals surface area contributed by atoms with Gasteiger partial charge in [0.1, 0.15) is 35.4 Å². The number of aliphatic hydroxyl groups excluding tert-OH is 2. The van der Waals surface area contributed by atoms with Crippen molar-refractivity contribution in [1.82, 2.24) is 30.2 Å². The summed E-state index contributed by atoms with van der Waals surface area (Å²) in [7, 11) is 0. The SMILES string of the molecule is C/C1=C/C=C/C(C)[C@H](O)[C@@H](C)C(O)[C@@H](C)[C@H](OC(=O)CC(=O)N2CCN(CCN3CCOCC3)CC2)CC/C=C/O[C@@]2(C)Oc3c(C)c(O)c4c(c3C2=O)C2=NC3(CCN(CC(C)C)CC3)NC2=C(NC1=O)C4=O. The number of phenols is 1. The minimum atomic E-state index is -1.95. The average Bonchev–Trinajstić information content (AvgIpc) is 3.88. The van der Waals surface area contributed by atoms with Gasteiger partial charge in [0.2, 0.25) is 11.7 Å². The Morgan fingerprint density at radius 1 is 0.878 bits per heavy atom. The van der Waals surface area contributed by atoms with Crippen molar-refractivity contribution in [1.29, 1.82) is 0 Å². The van der Waals surface area contributed by atoms with Gasteiger partial charge in [-0.25, -0.2) is 0 Å². The van der Waals surface area contributed by atoms with Crippen molar-refractivity contribution in [2.75, 3.05) is 85.2 Å². The second-order valence-corrected chi connectivity index (χ2v) is 21.9.